The van der Waals surface area contributed by atoms with E-state index in [4.69, 9.17) is 10.2 Å². The van der Waals surface area contributed by atoms with E-state index in [2.05, 4.69) is 0 Å². The number of anilines is 1. The van der Waals surface area contributed by atoms with Crippen LogP contribution in [-0.4, -0.2) is 7.05 Å². The lowest BCUT2D eigenvalue weighted by atomic mass is 10.1. The van der Waals surface area contributed by atoms with Crippen LogP contribution in [0.3, 0.4) is 0 Å². The molecule has 0 saturated carbocycles. The fourth-order valence-electron chi connectivity index (χ4n) is 1.85. The summed E-state index contributed by atoms with van der Waals surface area (Å²) in [4.78, 5) is 1.95. The number of nitrogens with zero attached hydrogens (tertiary/aromatic N) is 1. The van der Waals surface area contributed by atoms with Crippen molar-refractivity contribution in [2.75, 3.05) is 11.9 Å². The Hall–Kier alpha value is -1.81. The van der Waals surface area contributed by atoms with Crippen molar-refractivity contribution in [3.05, 3.63) is 53.7 Å². The largest absolute Gasteiger partial charge is 0.472 e. The number of rotatable bonds is 4. The summed E-state index contributed by atoms with van der Waals surface area (Å²) in [7, 11) is 1.90. The van der Waals surface area contributed by atoms with Gasteiger partial charge >= 0.3 is 0 Å². The van der Waals surface area contributed by atoms with Crippen LogP contribution in [0.15, 0.2) is 41.2 Å². The van der Waals surface area contributed by atoms with Gasteiger partial charge in [0.2, 0.25) is 0 Å². The molecule has 2 aromatic rings. The van der Waals surface area contributed by atoms with Crippen LogP contribution in [0.1, 0.15) is 11.1 Å². The Balaban J connectivity index is 2.24. The fraction of sp³-hybridized carbons (Fsp3) is 0.231. The lowest BCUT2D eigenvalue weighted by Gasteiger charge is -2.21. The number of hydrogen-bond acceptors (Lipinski definition) is 3. The van der Waals surface area contributed by atoms with Crippen LogP contribution in [0, 0.1) is 5.82 Å². The second-order valence-corrected chi connectivity index (χ2v) is 3.93. The third-order valence-electron chi connectivity index (χ3n) is 2.71. The van der Waals surface area contributed by atoms with Crippen LogP contribution < -0.4 is 10.6 Å². The Morgan fingerprint density at radius 2 is 2.18 bits per heavy atom. The molecule has 1 aromatic carbocycles. The van der Waals surface area contributed by atoms with Gasteiger partial charge in [0.15, 0.2) is 0 Å². The van der Waals surface area contributed by atoms with Crippen molar-refractivity contribution in [3.8, 4) is 0 Å². The van der Waals surface area contributed by atoms with Crippen LogP contribution in [-0.2, 0) is 13.1 Å². The fourth-order valence-corrected chi connectivity index (χ4v) is 1.85. The van der Waals surface area contributed by atoms with Crippen molar-refractivity contribution in [1.82, 2.24) is 0 Å². The van der Waals surface area contributed by atoms with Crippen molar-refractivity contribution in [2.45, 2.75) is 13.1 Å². The predicted octanol–water partition coefficient (Wildman–Crippen LogP) is 2.51. The first-order valence-corrected chi connectivity index (χ1v) is 5.42. The van der Waals surface area contributed by atoms with Gasteiger partial charge in [-0.2, -0.15) is 0 Å². The van der Waals surface area contributed by atoms with Gasteiger partial charge in [-0.05, 0) is 18.2 Å². The number of furan rings is 1. The summed E-state index contributed by atoms with van der Waals surface area (Å²) in [6.07, 6.45) is 3.30. The highest BCUT2D eigenvalue weighted by Gasteiger charge is 2.11. The normalized spacial score (nSPS) is 10.5. The molecule has 0 bridgehead atoms. The van der Waals surface area contributed by atoms with Crippen molar-refractivity contribution in [3.63, 3.8) is 0 Å². The zero-order valence-corrected chi connectivity index (χ0v) is 9.69. The average Bonchev–Trinajstić information content (AvgIpc) is 2.81. The maximum Gasteiger partial charge on any atom is 0.129 e. The van der Waals surface area contributed by atoms with Crippen molar-refractivity contribution >= 4 is 5.69 Å². The monoisotopic (exact) mass is 234 g/mol. The molecule has 0 spiro atoms. The highest BCUT2D eigenvalue weighted by atomic mass is 19.1. The van der Waals surface area contributed by atoms with E-state index in [0.29, 0.717) is 12.1 Å². The van der Waals surface area contributed by atoms with Crippen LogP contribution in [0.2, 0.25) is 0 Å². The van der Waals surface area contributed by atoms with Crippen molar-refractivity contribution in [2.24, 2.45) is 5.73 Å². The minimum Gasteiger partial charge on any atom is -0.472 e. The minimum absolute atomic E-state index is 0.192. The predicted molar refractivity (Wildman–Crippen MR) is 65.1 cm³/mol. The molecule has 90 valence electrons. The van der Waals surface area contributed by atoms with Gasteiger partial charge in [-0.15, -0.1) is 0 Å². The van der Waals surface area contributed by atoms with E-state index in [1.807, 2.05) is 24.1 Å². The van der Waals surface area contributed by atoms with Gasteiger partial charge in [0.05, 0.1) is 12.5 Å². The Morgan fingerprint density at radius 3 is 2.82 bits per heavy atom. The highest BCUT2D eigenvalue weighted by molar-refractivity contribution is 5.53. The Kier molecular flexibility index (Phi) is 3.44. The highest BCUT2D eigenvalue weighted by Crippen LogP contribution is 2.23. The summed E-state index contributed by atoms with van der Waals surface area (Å²) < 4.78 is 18.6. The quantitative estimate of drug-likeness (QED) is 0.883. The summed E-state index contributed by atoms with van der Waals surface area (Å²) in [6, 6.07) is 6.87. The maximum absolute atomic E-state index is 13.6. The molecule has 0 unspecified atom stereocenters. The molecule has 0 saturated heterocycles. The van der Waals surface area contributed by atoms with Gasteiger partial charge < -0.3 is 15.1 Å². The summed E-state index contributed by atoms with van der Waals surface area (Å²) in [6.45, 7) is 0.852. The van der Waals surface area contributed by atoms with Gasteiger partial charge in [-0.3, -0.25) is 0 Å². The van der Waals surface area contributed by atoms with E-state index in [1.165, 1.54) is 6.07 Å². The molecule has 0 fully saturated rings. The van der Waals surface area contributed by atoms with E-state index >= 15 is 0 Å². The molecule has 0 aliphatic carbocycles. The van der Waals surface area contributed by atoms with Crippen LogP contribution in [0.25, 0.3) is 0 Å². The van der Waals surface area contributed by atoms with Gasteiger partial charge in [0.25, 0.3) is 0 Å². The second-order valence-electron chi connectivity index (χ2n) is 3.93. The second kappa shape index (κ2) is 5.01. The number of hydrogen-bond donors (Lipinski definition) is 1. The topological polar surface area (TPSA) is 42.4 Å². The zero-order valence-electron chi connectivity index (χ0n) is 9.69. The van der Waals surface area contributed by atoms with Crippen LogP contribution >= 0.6 is 0 Å². The van der Waals surface area contributed by atoms with Gasteiger partial charge in [-0.1, -0.05) is 6.07 Å². The molecule has 2 N–H and O–H groups in total. The SMILES string of the molecule is CN(Cc1ccoc1)c1cccc(F)c1CN. The molecular formula is C13H15FN2O. The molecule has 1 heterocycles. The number of halogens is 1. The Bertz CT molecular complexity index is 482. The van der Waals surface area contributed by atoms with E-state index < -0.39 is 0 Å². The van der Waals surface area contributed by atoms with Crippen LogP contribution in [0.5, 0.6) is 0 Å². The number of benzene rings is 1. The molecule has 17 heavy (non-hydrogen) atoms. The molecule has 0 aliphatic rings. The van der Waals surface area contributed by atoms with Gasteiger partial charge in [-0.25, -0.2) is 4.39 Å². The van der Waals surface area contributed by atoms with E-state index in [1.54, 1.807) is 18.6 Å². The standard InChI is InChI=1S/C13H15FN2O/c1-16(8-10-5-6-17-9-10)13-4-2-3-12(14)11(13)7-15/h2-6,9H,7-8,15H2,1H3. The molecule has 1 aromatic heterocycles. The van der Waals surface area contributed by atoms with E-state index in [9.17, 15) is 4.39 Å². The Morgan fingerprint density at radius 1 is 1.35 bits per heavy atom. The summed E-state index contributed by atoms with van der Waals surface area (Å²) >= 11 is 0. The molecule has 0 radical (unpaired) electrons. The summed E-state index contributed by atoms with van der Waals surface area (Å²) in [5, 5.41) is 0. The van der Waals surface area contributed by atoms with Gasteiger partial charge in [0, 0.05) is 37.0 Å². The van der Waals surface area contributed by atoms with Crippen molar-refractivity contribution in [1.29, 1.82) is 0 Å². The third-order valence-corrected chi connectivity index (χ3v) is 2.71. The summed E-state index contributed by atoms with van der Waals surface area (Å²) in [5.41, 5.74) is 7.97. The molecule has 0 aliphatic heterocycles. The van der Waals surface area contributed by atoms with E-state index in [-0.39, 0.29) is 12.4 Å². The maximum atomic E-state index is 13.6. The lowest BCUT2D eigenvalue weighted by Crippen LogP contribution is -2.19. The van der Waals surface area contributed by atoms with Crippen molar-refractivity contribution < 1.29 is 8.81 Å². The molecule has 2 rings (SSSR count). The molecular weight excluding hydrogens is 219 g/mol. The first-order valence-electron chi connectivity index (χ1n) is 5.42. The molecule has 4 heteroatoms. The minimum atomic E-state index is -0.260. The van der Waals surface area contributed by atoms with E-state index in [0.717, 1.165) is 11.3 Å². The first kappa shape index (κ1) is 11.7. The molecule has 0 amide bonds. The van der Waals surface area contributed by atoms with Crippen LogP contribution in [0.4, 0.5) is 10.1 Å². The van der Waals surface area contributed by atoms with Gasteiger partial charge in [0.1, 0.15) is 5.82 Å². The lowest BCUT2D eigenvalue weighted by molar-refractivity contribution is 0.563. The first-order chi connectivity index (χ1) is 8.22. The zero-order chi connectivity index (χ0) is 12.3. The average molecular weight is 234 g/mol. The molecule has 0 atom stereocenters. The third kappa shape index (κ3) is 2.47. The molecule has 3 nitrogen and oxygen atoms in total. The Labute approximate surface area is 99.6 Å². The smallest absolute Gasteiger partial charge is 0.129 e. The summed E-state index contributed by atoms with van der Waals surface area (Å²) in [5.74, 6) is -0.260. The number of nitrogens with two attached hydrogens (primary N) is 1.